The molecule has 0 aliphatic carbocycles. The zero-order valence-electron chi connectivity index (χ0n) is 29.9. The van der Waals surface area contributed by atoms with Crippen molar-refractivity contribution in [3.63, 3.8) is 0 Å². The fourth-order valence-electron chi connectivity index (χ4n) is 3.42. The first-order valence-corrected chi connectivity index (χ1v) is 15.7. The number of carbonyl (C=O) groups excluding carboxylic acids is 4. The van der Waals surface area contributed by atoms with Gasteiger partial charge in [0, 0.05) is 19.7 Å². The molecule has 1 N–H and O–H groups in total. The maximum Gasteiger partial charge on any atom is 0.414 e. The number of hydrogen-bond donors (Lipinski definition) is 1. The van der Waals surface area contributed by atoms with E-state index in [1.54, 1.807) is 47.8 Å². The summed E-state index contributed by atoms with van der Waals surface area (Å²) >= 11 is 0. The standard InChI is InChI=1S/C14H21NO5.C9H17NO4.C6H8O2.C5H8O/c1-14(2,3)20-13(18)15(4)11(12(16)17)8-10-6-5-7-19-9-10;1-9(2,3)14-8(12)10(4)6-7(11)13-5;7-4-6-2-1-3-8-5-6;1-2-4-6-5-3-1/h8-9H,5-7H2,1-4H3,(H,16,17);6H2,1-5H3;4-5H,1-3H2;2,4H,1,3,5H2/b11-8-;;;. The number of ether oxygens (including phenoxy) is 6. The predicted molar refractivity (Wildman–Crippen MR) is 178 cm³/mol. The minimum atomic E-state index is -1.19. The molecule has 0 saturated carbocycles. The summed E-state index contributed by atoms with van der Waals surface area (Å²) in [5.41, 5.74) is 0.139. The van der Waals surface area contributed by atoms with Crippen molar-refractivity contribution in [2.75, 3.05) is 47.6 Å². The molecule has 0 spiro atoms. The van der Waals surface area contributed by atoms with Crippen molar-refractivity contribution in [3.8, 4) is 0 Å². The number of aliphatic carboxylic acids is 1. The van der Waals surface area contributed by atoms with Gasteiger partial charge in [-0.05, 0) is 97.8 Å². The van der Waals surface area contributed by atoms with Crippen LogP contribution in [0.15, 0.2) is 47.8 Å². The molecular formula is C34H54N2O12. The summed E-state index contributed by atoms with van der Waals surface area (Å²) < 4.78 is 29.5. The third-order valence-electron chi connectivity index (χ3n) is 5.77. The van der Waals surface area contributed by atoms with E-state index in [0.29, 0.717) is 6.61 Å². The van der Waals surface area contributed by atoms with Gasteiger partial charge in [-0.2, -0.15) is 0 Å². The SMILES string of the molecule is C1=COCCC1.CN(C(=O)OC(C)(C)C)/C(=C\C1=COCCC1)C(=O)O.COC(=O)CN(C)C(=O)OC(C)(C)C.O=CC1=COCCC1. The maximum atomic E-state index is 11.9. The Balaban J connectivity index is 0.000000677. The first kappa shape index (κ1) is 43.5. The molecule has 48 heavy (non-hydrogen) atoms. The van der Waals surface area contributed by atoms with E-state index in [1.165, 1.54) is 52.6 Å². The molecule has 0 saturated heterocycles. The van der Waals surface area contributed by atoms with Gasteiger partial charge in [0.25, 0.3) is 0 Å². The number of amides is 2. The average molecular weight is 683 g/mol. The highest BCUT2D eigenvalue weighted by atomic mass is 16.6. The zero-order chi connectivity index (χ0) is 36.8. The second kappa shape index (κ2) is 22.9. The topological polar surface area (TPSA) is 167 Å². The number of allylic oxidation sites excluding steroid dienone is 4. The summed E-state index contributed by atoms with van der Waals surface area (Å²) in [4.78, 5) is 57.5. The lowest BCUT2D eigenvalue weighted by Gasteiger charge is -2.25. The minimum absolute atomic E-state index is 0.106. The molecule has 3 aliphatic heterocycles. The Morgan fingerprint density at radius 2 is 1.35 bits per heavy atom. The number of carboxylic acids is 1. The van der Waals surface area contributed by atoms with Gasteiger partial charge in [-0.15, -0.1) is 0 Å². The Morgan fingerprint density at radius 1 is 0.833 bits per heavy atom. The fourth-order valence-corrected chi connectivity index (χ4v) is 3.42. The van der Waals surface area contributed by atoms with Crippen LogP contribution < -0.4 is 0 Å². The highest BCUT2D eigenvalue weighted by molar-refractivity contribution is 5.91. The van der Waals surface area contributed by atoms with E-state index < -0.39 is 35.3 Å². The fraction of sp³-hybridized carbons (Fsp3) is 0.618. The van der Waals surface area contributed by atoms with Gasteiger partial charge in [0.1, 0.15) is 29.7 Å². The van der Waals surface area contributed by atoms with E-state index in [1.807, 2.05) is 6.08 Å². The second-order valence-electron chi connectivity index (χ2n) is 12.6. The van der Waals surface area contributed by atoms with E-state index in [0.717, 1.165) is 66.1 Å². The molecule has 0 fully saturated rings. The van der Waals surface area contributed by atoms with Gasteiger partial charge in [0.15, 0.2) is 0 Å². The van der Waals surface area contributed by atoms with Crippen LogP contribution in [-0.2, 0) is 42.8 Å². The Labute approximate surface area is 284 Å². The van der Waals surface area contributed by atoms with Gasteiger partial charge >= 0.3 is 24.1 Å². The molecule has 0 aromatic carbocycles. The van der Waals surface area contributed by atoms with Crippen LogP contribution in [0.1, 0.15) is 80.1 Å². The van der Waals surface area contributed by atoms with Gasteiger partial charge in [-0.1, -0.05) is 0 Å². The average Bonchev–Trinajstić information content (AvgIpc) is 3.04. The predicted octanol–water partition coefficient (Wildman–Crippen LogP) is 5.73. The van der Waals surface area contributed by atoms with Crippen molar-refractivity contribution >= 4 is 30.4 Å². The lowest BCUT2D eigenvalue weighted by atomic mass is 10.1. The number of methoxy groups -OCH3 is 1. The monoisotopic (exact) mass is 682 g/mol. The molecule has 2 amide bonds. The van der Waals surface area contributed by atoms with Crippen LogP contribution >= 0.6 is 0 Å². The first-order chi connectivity index (χ1) is 22.4. The molecule has 0 radical (unpaired) electrons. The third kappa shape index (κ3) is 22.1. The lowest BCUT2D eigenvalue weighted by molar-refractivity contribution is -0.141. The molecule has 0 aromatic heterocycles. The van der Waals surface area contributed by atoms with Crippen LogP contribution in [0.3, 0.4) is 0 Å². The third-order valence-corrected chi connectivity index (χ3v) is 5.77. The van der Waals surface area contributed by atoms with E-state index in [9.17, 15) is 29.1 Å². The van der Waals surface area contributed by atoms with Crippen molar-refractivity contribution in [2.45, 2.75) is 91.3 Å². The summed E-state index contributed by atoms with van der Waals surface area (Å²) in [5, 5.41) is 9.24. The van der Waals surface area contributed by atoms with Crippen molar-refractivity contribution in [1.29, 1.82) is 0 Å². The van der Waals surface area contributed by atoms with E-state index >= 15 is 0 Å². The second-order valence-corrected chi connectivity index (χ2v) is 12.6. The highest BCUT2D eigenvalue weighted by Crippen LogP contribution is 2.18. The van der Waals surface area contributed by atoms with Crippen molar-refractivity contribution in [1.82, 2.24) is 9.80 Å². The van der Waals surface area contributed by atoms with Crippen molar-refractivity contribution < 1.29 is 57.5 Å². The molecular weight excluding hydrogens is 628 g/mol. The smallest absolute Gasteiger partial charge is 0.414 e. The van der Waals surface area contributed by atoms with Crippen LogP contribution in [-0.4, -0.2) is 104 Å². The number of esters is 1. The van der Waals surface area contributed by atoms with E-state index in [4.69, 9.17) is 23.7 Å². The van der Waals surface area contributed by atoms with Gasteiger partial charge < -0.3 is 38.4 Å². The van der Waals surface area contributed by atoms with Gasteiger partial charge in [-0.3, -0.25) is 14.5 Å². The Morgan fingerprint density at radius 3 is 1.69 bits per heavy atom. The molecule has 0 unspecified atom stereocenters. The Bertz CT molecular complexity index is 1150. The molecule has 3 aliphatic rings. The van der Waals surface area contributed by atoms with Crippen LogP contribution in [0.25, 0.3) is 0 Å². The summed E-state index contributed by atoms with van der Waals surface area (Å²) in [6.07, 6.45) is 13.7. The summed E-state index contributed by atoms with van der Waals surface area (Å²) in [6.45, 7) is 12.6. The molecule has 272 valence electrons. The molecule has 14 heteroatoms. The Hall–Kier alpha value is -4.49. The summed E-state index contributed by atoms with van der Waals surface area (Å²) in [6, 6.07) is 0. The van der Waals surface area contributed by atoms with Gasteiger partial charge in [0.05, 0.1) is 45.7 Å². The number of carboxylic acid groups (broad SMARTS) is 1. The molecule has 3 heterocycles. The Kier molecular flexibility index (Phi) is 20.8. The zero-order valence-corrected chi connectivity index (χ0v) is 29.9. The van der Waals surface area contributed by atoms with Crippen LogP contribution in [0.2, 0.25) is 0 Å². The lowest BCUT2D eigenvalue weighted by Crippen LogP contribution is -2.37. The van der Waals surface area contributed by atoms with Gasteiger partial charge in [0.2, 0.25) is 0 Å². The molecule has 0 bridgehead atoms. The summed E-state index contributed by atoms with van der Waals surface area (Å²) in [5.74, 6) is -1.66. The number of carbonyl (C=O) groups is 5. The number of nitrogens with zero attached hydrogens (tertiary/aromatic N) is 2. The van der Waals surface area contributed by atoms with Crippen LogP contribution in [0.4, 0.5) is 9.59 Å². The number of likely N-dealkylation sites (N-methyl/N-ethyl adjacent to an activating group) is 2. The van der Waals surface area contributed by atoms with E-state index in [2.05, 4.69) is 4.74 Å². The number of rotatable bonds is 6. The minimum Gasteiger partial charge on any atom is -0.502 e. The quantitative estimate of drug-likeness (QED) is 0.157. The van der Waals surface area contributed by atoms with Crippen molar-refractivity contribution in [2.24, 2.45) is 0 Å². The number of aldehydes is 1. The van der Waals surface area contributed by atoms with E-state index in [-0.39, 0.29) is 12.2 Å². The molecule has 14 nitrogen and oxygen atoms in total. The molecule has 0 aromatic rings. The van der Waals surface area contributed by atoms with Gasteiger partial charge in [-0.25, -0.2) is 14.4 Å². The molecule has 0 atom stereocenters. The first-order valence-electron chi connectivity index (χ1n) is 15.7. The maximum absolute atomic E-state index is 11.9. The van der Waals surface area contributed by atoms with Crippen LogP contribution in [0, 0.1) is 0 Å². The van der Waals surface area contributed by atoms with Crippen LogP contribution in [0.5, 0.6) is 0 Å². The largest absolute Gasteiger partial charge is 0.502 e. The summed E-state index contributed by atoms with van der Waals surface area (Å²) in [7, 11) is 4.12. The normalized spacial score (nSPS) is 15.4. The van der Waals surface area contributed by atoms with Crippen molar-refractivity contribution in [3.05, 3.63) is 47.8 Å². The highest BCUT2D eigenvalue weighted by Gasteiger charge is 2.25. The molecule has 3 rings (SSSR count). The number of hydrogen-bond acceptors (Lipinski definition) is 11.